The van der Waals surface area contributed by atoms with E-state index >= 15 is 0 Å². The van der Waals surface area contributed by atoms with Crippen molar-refractivity contribution in [2.75, 3.05) is 7.11 Å². The second-order valence-electron chi connectivity index (χ2n) is 9.45. The number of ether oxygens (including phenoxy) is 2. The fourth-order valence-electron chi connectivity index (χ4n) is 4.15. The first-order chi connectivity index (χ1) is 17.4. The highest BCUT2D eigenvalue weighted by Crippen LogP contribution is 2.32. The van der Waals surface area contributed by atoms with Crippen LogP contribution in [0.3, 0.4) is 0 Å². The first-order valence-electron chi connectivity index (χ1n) is 11.9. The molecule has 0 amide bonds. The zero-order valence-electron chi connectivity index (χ0n) is 22.4. The summed E-state index contributed by atoms with van der Waals surface area (Å²) >= 11 is 1.25. The molecule has 0 bridgehead atoms. The van der Waals surface area contributed by atoms with Crippen molar-refractivity contribution in [1.29, 1.82) is 0 Å². The lowest BCUT2D eigenvalue weighted by Gasteiger charge is -2.27. The predicted molar refractivity (Wildman–Crippen MR) is 144 cm³/mol. The predicted octanol–water partition coefficient (Wildman–Crippen LogP) is 3.83. The van der Waals surface area contributed by atoms with Crippen molar-refractivity contribution < 1.29 is 19.4 Å². The summed E-state index contributed by atoms with van der Waals surface area (Å²) in [6.07, 6.45) is 6.28. The van der Waals surface area contributed by atoms with Crippen molar-refractivity contribution in [2.45, 2.75) is 72.8 Å². The first kappa shape index (κ1) is 28.1. The molecule has 0 aliphatic rings. The van der Waals surface area contributed by atoms with Gasteiger partial charge in [-0.3, -0.25) is 9.36 Å². The summed E-state index contributed by atoms with van der Waals surface area (Å²) in [6.45, 7) is 11.9. The molecule has 0 aliphatic carbocycles. The molecule has 11 heteroatoms. The number of nitrogens with zero attached hydrogens (tertiary/aromatic N) is 4. The lowest BCUT2D eigenvalue weighted by molar-refractivity contribution is -0.146. The molecule has 3 heterocycles. The topological polar surface area (TPSA) is 118 Å². The van der Waals surface area contributed by atoms with Crippen molar-refractivity contribution in [3.8, 4) is 5.00 Å². The summed E-state index contributed by atoms with van der Waals surface area (Å²) in [6, 6.07) is 1.76. The van der Waals surface area contributed by atoms with Gasteiger partial charge >= 0.3 is 11.7 Å². The highest BCUT2D eigenvalue weighted by Gasteiger charge is 2.36. The third-order valence-electron chi connectivity index (χ3n) is 6.17. The van der Waals surface area contributed by atoms with Crippen molar-refractivity contribution in [2.24, 2.45) is 0 Å². The summed E-state index contributed by atoms with van der Waals surface area (Å²) in [5.41, 5.74) is -1.84. The van der Waals surface area contributed by atoms with E-state index < -0.39 is 28.9 Å². The van der Waals surface area contributed by atoms with Gasteiger partial charge in [-0.15, -0.1) is 0 Å². The van der Waals surface area contributed by atoms with Crippen LogP contribution in [0.2, 0.25) is 0 Å². The maximum atomic E-state index is 13.9. The van der Waals surface area contributed by atoms with E-state index in [1.54, 1.807) is 37.2 Å². The molecule has 0 spiro atoms. The Bertz CT molecular complexity index is 1470. The SMILES string of the molecule is C/C=C\C(=C(/C)OC)[C@H](Cn1c(=O)n(C(C)(C)C(=O)O)c(=O)c2c(C)c(-n3cccn3)sc21)OC(C)C. The van der Waals surface area contributed by atoms with Crippen molar-refractivity contribution in [1.82, 2.24) is 18.9 Å². The minimum atomic E-state index is -1.79. The molecule has 0 saturated carbocycles. The monoisotopic (exact) mass is 530 g/mol. The van der Waals surface area contributed by atoms with Gasteiger partial charge in [-0.2, -0.15) is 5.10 Å². The Morgan fingerprint density at radius 1 is 1.30 bits per heavy atom. The number of hydrogen-bond donors (Lipinski definition) is 1. The van der Waals surface area contributed by atoms with Gasteiger partial charge < -0.3 is 14.6 Å². The van der Waals surface area contributed by atoms with Crippen LogP contribution in [0.25, 0.3) is 15.2 Å². The first-order valence-corrected chi connectivity index (χ1v) is 12.7. The van der Waals surface area contributed by atoms with Gasteiger partial charge in [-0.1, -0.05) is 23.5 Å². The van der Waals surface area contributed by atoms with Crippen LogP contribution in [0.4, 0.5) is 0 Å². The third-order valence-corrected chi connectivity index (χ3v) is 7.48. The zero-order chi connectivity index (χ0) is 27.7. The van der Waals surface area contributed by atoms with E-state index in [9.17, 15) is 19.5 Å². The van der Waals surface area contributed by atoms with Crippen LogP contribution >= 0.6 is 11.3 Å². The van der Waals surface area contributed by atoms with Crippen molar-refractivity contribution >= 4 is 27.5 Å². The number of hydrogen-bond acceptors (Lipinski definition) is 7. The van der Waals surface area contributed by atoms with Gasteiger partial charge in [0.25, 0.3) is 5.56 Å². The largest absolute Gasteiger partial charge is 0.501 e. The van der Waals surface area contributed by atoms with Crippen molar-refractivity contribution in [3.63, 3.8) is 0 Å². The van der Waals surface area contributed by atoms with Crippen LogP contribution in [0.15, 0.2) is 51.5 Å². The minimum Gasteiger partial charge on any atom is -0.501 e. The number of methoxy groups -OCH3 is 1. The number of carbonyl (C=O) groups is 1. The molecular weight excluding hydrogens is 496 g/mol. The fraction of sp³-hybridized carbons (Fsp3) is 0.462. The van der Waals surface area contributed by atoms with Crippen LogP contribution in [-0.2, 0) is 26.4 Å². The number of rotatable bonds is 10. The molecule has 10 nitrogen and oxygen atoms in total. The summed E-state index contributed by atoms with van der Waals surface area (Å²) in [5.74, 6) is -0.677. The Morgan fingerprint density at radius 3 is 2.49 bits per heavy atom. The van der Waals surface area contributed by atoms with E-state index in [-0.39, 0.29) is 18.0 Å². The molecule has 0 aliphatic heterocycles. The number of thiophene rings is 1. The average Bonchev–Trinajstić information content (AvgIpc) is 3.46. The van der Waals surface area contributed by atoms with Crippen LogP contribution in [0.5, 0.6) is 0 Å². The lowest BCUT2D eigenvalue weighted by atomic mass is 10.1. The Morgan fingerprint density at radius 2 is 1.97 bits per heavy atom. The molecule has 0 radical (unpaired) electrons. The zero-order valence-corrected chi connectivity index (χ0v) is 23.3. The maximum absolute atomic E-state index is 13.9. The molecule has 3 rings (SSSR count). The molecule has 0 aromatic carbocycles. The molecule has 37 heavy (non-hydrogen) atoms. The van der Waals surface area contributed by atoms with Gasteiger partial charge in [0, 0.05) is 23.5 Å². The molecule has 200 valence electrons. The second kappa shape index (κ2) is 10.9. The van der Waals surface area contributed by atoms with Gasteiger partial charge in [0.1, 0.15) is 21.5 Å². The van der Waals surface area contributed by atoms with Gasteiger partial charge in [-0.05, 0) is 54.5 Å². The normalized spacial score (nSPS) is 14.0. The number of carboxylic acids is 1. The molecule has 3 aromatic rings. The Labute approximate surface area is 219 Å². The average molecular weight is 531 g/mol. The Kier molecular flexibility index (Phi) is 8.28. The summed E-state index contributed by atoms with van der Waals surface area (Å²) in [7, 11) is 1.56. The number of carboxylic acid groups (broad SMARTS) is 1. The molecule has 0 unspecified atom stereocenters. The van der Waals surface area contributed by atoms with Gasteiger partial charge in [0.2, 0.25) is 0 Å². The van der Waals surface area contributed by atoms with Gasteiger partial charge in [-0.25, -0.2) is 18.8 Å². The second-order valence-corrected chi connectivity index (χ2v) is 10.4. The maximum Gasteiger partial charge on any atom is 0.333 e. The van der Waals surface area contributed by atoms with E-state index in [0.29, 0.717) is 21.2 Å². The summed E-state index contributed by atoms with van der Waals surface area (Å²) in [4.78, 5) is 40.2. The molecule has 1 atom stereocenters. The van der Waals surface area contributed by atoms with E-state index in [2.05, 4.69) is 5.10 Å². The van der Waals surface area contributed by atoms with Crippen LogP contribution in [0.1, 0.15) is 47.1 Å². The summed E-state index contributed by atoms with van der Waals surface area (Å²) in [5, 5.41) is 15.1. The quantitative estimate of drug-likeness (QED) is 0.313. The Hall–Kier alpha value is -3.44. The van der Waals surface area contributed by atoms with Gasteiger partial charge in [0.05, 0.1) is 30.9 Å². The number of aliphatic carboxylic acids is 1. The molecule has 1 N–H and O–H groups in total. The molecular formula is C26H34N4O6S. The van der Waals surface area contributed by atoms with E-state index in [1.165, 1.54) is 29.8 Å². The van der Waals surface area contributed by atoms with Crippen LogP contribution in [0, 0.1) is 6.92 Å². The molecule has 3 aromatic heterocycles. The third kappa shape index (κ3) is 5.19. The van der Waals surface area contributed by atoms with Crippen LogP contribution in [-0.4, -0.2) is 49.3 Å². The minimum absolute atomic E-state index is 0.0301. The smallest absolute Gasteiger partial charge is 0.333 e. The lowest BCUT2D eigenvalue weighted by Crippen LogP contribution is -2.53. The number of fused-ring (bicyclic) bond motifs is 1. The standard InChI is InChI=1S/C26H34N4O6S/c1-9-11-18(17(5)35-8)19(36-15(2)3)14-28-23-20(16(4)22(37-23)29-13-10-12-27-29)21(31)30(25(28)34)26(6,7)24(32)33/h9-13,15,19H,14H2,1-8H3,(H,32,33)/b11-9-,18-17-/t19-/m0/s1. The fourth-order valence-corrected chi connectivity index (χ4v) is 5.39. The van der Waals surface area contributed by atoms with E-state index in [0.717, 1.165) is 10.1 Å². The highest BCUT2D eigenvalue weighted by atomic mass is 32.1. The molecule has 0 fully saturated rings. The highest BCUT2D eigenvalue weighted by molar-refractivity contribution is 7.21. The van der Waals surface area contributed by atoms with Gasteiger partial charge in [0.15, 0.2) is 0 Å². The number of aryl methyl sites for hydroxylation is 1. The van der Waals surface area contributed by atoms with E-state index in [4.69, 9.17) is 9.47 Å². The van der Waals surface area contributed by atoms with E-state index in [1.807, 2.05) is 39.8 Å². The molecule has 0 saturated heterocycles. The summed E-state index contributed by atoms with van der Waals surface area (Å²) < 4.78 is 15.6. The number of allylic oxidation sites excluding steroid dienone is 2. The number of aromatic nitrogens is 4. The van der Waals surface area contributed by atoms with Crippen LogP contribution < -0.4 is 11.2 Å². The Balaban J connectivity index is 2.44. The van der Waals surface area contributed by atoms with Crippen molar-refractivity contribution in [3.05, 3.63) is 68.3 Å².